The summed E-state index contributed by atoms with van der Waals surface area (Å²) in [6.07, 6.45) is 13.6. The molecule has 0 bridgehead atoms. The highest BCUT2D eigenvalue weighted by Gasteiger charge is 2.31. The van der Waals surface area contributed by atoms with Crippen molar-refractivity contribution in [3.05, 3.63) is 0 Å². The van der Waals surface area contributed by atoms with Crippen LogP contribution in [0.1, 0.15) is 71.1 Å². The van der Waals surface area contributed by atoms with Crippen molar-refractivity contribution < 1.29 is 4.79 Å². The average molecular weight is 405 g/mol. The lowest BCUT2D eigenvalue weighted by atomic mass is 9.94. The molecule has 0 aromatic heterocycles. The predicted molar refractivity (Wildman–Crippen MR) is 119 cm³/mol. The summed E-state index contributed by atoms with van der Waals surface area (Å²) < 4.78 is 0. The molecule has 0 radical (unpaired) electrons. The second-order valence-corrected chi connectivity index (χ2v) is 10.2. The quantitative estimate of drug-likeness (QED) is 0.622. The van der Waals surface area contributed by atoms with Crippen molar-refractivity contribution in [2.24, 2.45) is 5.92 Å². The minimum absolute atomic E-state index is 0.370. The van der Waals surface area contributed by atoms with Crippen LogP contribution in [0.2, 0.25) is 0 Å². The van der Waals surface area contributed by atoms with Crippen LogP contribution >= 0.6 is 0 Å². The van der Waals surface area contributed by atoms with Crippen molar-refractivity contribution in [1.29, 1.82) is 0 Å². The zero-order chi connectivity index (χ0) is 20.1. The summed E-state index contributed by atoms with van der Waals surface area (Å²) >= 11 is 0. The third-order valence-electron chi connectivity index (χ3n) is 7.89. The standard InChI is InChI=1S/C24H44N4O/c1-2-12-28(19-21-8-9-21)23-10-13-25(14-11-23)20-24(29)27-17-15-26(16-18-27)22-6-4-3-5-7-22/h21-23H,2-20H2,1H3. The third kappa shape index (κ3) is 6.18. The van der Waals surface area contributed by atoms with Crippen molar-refractivity contribution in [3.8, 4) is 0 Å². The first-order chi connectivity index (χ1) is 14.2. The van der Waals surface area contributed by atoms with Crippen LogP contribution in [-0.2, 0) is 4.79 Å². The largest absolute Gasteiger partial charge is 0.339 e. The number of hydrogen-bond donors (Lipinski definition) is 0. The molecule has 4 aliphatic rings. The van der Waals surface area contributed by atoms with Gasteiger partial charge in [0.25, 0.3) is 0 Å². The van der Waals surface area contributed by atoms with E-state index < -0.39 is 0 Å². The van der Waals surface area contributed by atoms with Gasteiger partial charge in [-0.3, -0.25) is 14.6 Å². The molecule has 2 heterocycles. The number of piperazine rings is 1. The van der Waals surface area contributed by atoms with Gasteiger partial charge in [0.05, 0.1) is 6.54 Å². The Labute approximate surface area is 178 Å². The van der Waals surface area contributed by atoms with Crippen LogP contribution in [0.3, 0.4) is 0 Å². The zero-order valence-electron chi connectivity index (χ0n) is 18.9. The Morgan fingerprint density at radius 2 is 1.55 bits per heavy atom. The SMILES string of the molecule is CCCN(CC1CC1)C1CCN(CC(=O)N2CCN(C3CCCCC3)CC2)CC1. The van der Waals surface area contributed by atoms with Gasteiger partial charge >= 0.3 is 0 Å². The number of hydrogen-bond acceptors (Lipinski definition) is 4. The van der Waals surface area contributed by atoms with E-state index in [-0.39, 0.29) is 0 Å². The number of rotatable bonds is 8. The average Bonchev–Trinajstić information content (AvgIpc) is 3.59. The van der Waals surface area contributed by atoms with E-state index in [1.807, 2.05) is 0 Å². The lowest BCUT2D eigenvalue weighted by Gasteiger charge is -2.42. The van der Waals surface area contributed by atoms with Gasteiger partial charge in [0, 0.05) is 57.9 Å². The maximum atomic E-state index is 12.9. The van der Waals surface area contributed by atoms with E-state index in [2.05, 4.69) is 26.5 Å². The Bertz CT molecular complexity index is 501. The maximum Gasteiger partial charge on any atom is 0.236 e. The molecule has 2 saturated heterocycles. The molecule has 2 aliphatic carbocycles. The Morgan fingerprint density at radius 1 is 0.862 bits per heavy atom. The number of piperidine rings is 1. The molecule has 0 atom stereocenters. The monoisotopic (exact) mass is 404 g/mol. The maximum absolute atomic E-state index is 12.9. The molecule has 0 spiro atoms. The van der Waals surface area contributed by atoms with Gasteiger partial charge in [-0.25, -0.2) is 0 Å². The minimum atomic E-state index is 0.370. The van der Waals surface area contributed by atoms with Gasteiger partial charge in [-0.05, 0) is 57.4 Å². The highest BCUT2D eigenvalue weighted by molar-refractivity contribution is 5.78. The van der Waals surface area contributed by atoms with E-state index >= 15 is 0 Å². The van der Waals surface area contributed by atoms with Crippen LogP contribution < -0.4 is 0 Å². The van der Waals surface area contributed by atoms with E-state index in [1.54, 1.807) is 0 Å². The molecule has 5 heteroatoms. The Hall–Kier alpha value is -0.650. The molecule has 29 heavy (non-hydrogen) atoms. The van der Waals surface area contributed by atoms with E-state index in [0.29, 0.717) is 12.5 Å². The Balaban J connectivity index is 1.16. The van der Waals surface area contributed by atoms with Gasteiger partial charge in [-0.1, -0.05) is 26.2 Å². The molecule has 0 aromatic rings. The van der Waals surface area contributed by atoms with Crippen molar-refractivity contribution >= 4 is 5.91 Å². The van der Waals surface area contributed by atoms with E-state index in [1.165, 1.54) is 77.3 Å². The predicted octanol–water partition coefficient (Wildman–Crippen LogP) is 3.05. The molecule has 0 aromatic carbocycles. The topological polar surface area (TPSA) is 30.0 Å². The van der Waals surface area contributed by atoms with E-state index in [4.69, 9.17) is 0 Å². The lowest BCUT2D eigenvalue weighted by Crippen LogP contribution is -2.54. The fraction of sp³-hybridized carbons (Fsp3) is 0.958. The second kappa shape index (κ2) is 10.6. The first-order valence-electron chi connectivity index (χ1n) is 12.7. The molecular weight excluding hydrogens is 360 g/mol. The molecule has 4 rings (SSSR count). The summed E-state index contributed by atoms with van der Waals surface area (Å²) in [5.74, 6) is 1.35. The number of likely N-dealkylation sites (tertiary alicyclic amines) is 1. The fourth-order valence-electron chi connectivity index (χ4n) is 5.86. The summed E-state index contributed by atoms with van der Waals surface area (Å²) in [6, 6.07) is 1.54. The van der Waals surface area contributed by atoms with Crippen LogP contribution in [0, 0.1) is 5.92 Å². The third-order valence-corrected chi connectivity index (χ3v) is 7.89. The molecule has 2 aliphatic heterocycles. The minimum Gasteiger partial charge on any atom is -0.339 e. The van der Waals surface area contributed by atoms with Gasteiger partial charge < -0.3 is 9.80 Å². The highest BCUT2D eigenvalue weighted by Crippen LogP contribution is 2.31. The molecule has 5 nitrogen and oxygen atoms in total. The van der Waals surface area contributed by atoms with Crippen molar-refractivity contribution in [3.63, 3.8) is 0 Å². The fourth-order valence-corrected chi connectivity index (χ4v) is 5.86. The molecule has 166 valence electrons. The van der Waals surface area contributed by atoms with Crippen molar-refractivity contribution in [2.45, 2.75) is 83.2 Å². The highest BCUT2D eigenvalue weighted by atomic mass is 16.2. The van der Waals surface area contributed by atoms with Crippen LogP contribution in [-0.4, -0.2) is 96.5 Å². The summed E-state index contributed by atoms with van der Waals surface area (Å²) in [7, 11) is 0. The molecule has 4 fully saturated rings. The van der Waals surface area contributed by atoms with Crippen LogP contribution in [0.5, 0.6) is 0 Å². The summed E-state index contributed by atoms with van der Waals surface area (Å²) in [6.45, 7) is 11.8. The first-order valence-corrected chi connectivity index (χ1v) is 12.7. The van der Waals surface area contributed by atoms with Gasteiger partial charge in [0.2, 0.25) is 5.91 Å². The molecule has 0 unspecified atom stereocenters. The first kappa shape index (κ1) is 21.6. The number of carbonyl (C=O) groups excluding carboxylic acids is 1. The van der Waals surface area contributed by atoms with E-state index in [9.17, 15) is 4.79 Å². The lowest BCUT2D eigenvalue weighted by molar-refractivity contribution is -0.135. The summed E-state index contributed by atoms with van der Waals surface area (Å²) in [5, 5.41) is 0. The van der Waals surface area contributed by atoms with Gasteiger partial charge in [0.15, 0.2) is 0 Å². The van der Waals surface area contributed by atoms with E-state index in [0.717, 1.165) is 57.3 Å². The van der Waals surface area contributed by atoms with Crippen LogP contribution in [0.25, 0.3) is 0 Å². The van der Waals surface area contributed by atoms with Gasteiger partial charge in [0.1, 0.15) is 0 Å². The summed E-state index contributed by atoms with van der Waals surface area (Å²) in [5.41, 5.74) is 0. The Morgan fingerprint density at radius 3 is 2.17 bits per heavy atom. The second-order valence-electron chi connectivity index (χ2n) is 10.2. The van der Waals surface area contributed by atoms with Crippen molar-refractivity contribution in [1.82, 2.24) is 19.6 Å². The number of carbonyl (C=O) groups is 1. The smallest absolute Gasteiger partial charge is 0.236 e. The van der Waals surface area contributed by atoms with Crippen LogP contribution in [0.4, 0.5) is 0 Å². The molecule has 0 N–H and O–H groups in total. The van der Waals surface area contributed by atoms with Crippen LogP contribution in [0.15, 0.2) is 0 Å². The normalized spacial score (nSPS) is 26.3. The van der Waals surface area contributed by atoms with Crippen molar-refractivity contribution in [2.75, 3.05) is 58.9 Å². The summed E-state index contributed by atoms with van der Waals surface area (Å²) in [4.78, 5) is 22.9. The van der Waals surface area contributed by atoms with Gasteiger partial charge in [-0.2, -0.15) is 0 Å². The molecule has 2 saturated carbocycles. The van der Waals surface area contributed by atoms with Gasteiger partial charge in [-0.15, -0.1) is 0 Å². The molecular formula is C24H44N4O. The molecule has 1 amide bonds. The number of amides is 1. The Kier molecular flexibility index (Phi) is 7.88. The zero-order valence-corrected chi connectivity index (χ0v) is 18.9. The number of nitrogens with zero attached hydrogens (tertiary/aromatic N) is 4.